The average Bonchev–Trinajstić information content (AvgIpc) is 2.80. The molecule has 0 radical (unpaired) electrons. The number of hydrogen-bond acceptors (Lipinski definition) is 4. The molecule has 0 aliphatic carbocycles. The number of H-pyrrole nitrogens is 1. The predicted octanol–water partition coefficient (Wildman–Crippen LogP) is 3.65. The van der Waals surface area contributed by atoms with Gasteiger partial charge in [0.25, 0.3) is 5.56 Å². The minimum absolute atomic E-state index is 0.0111. The molecule has 1 aromatic carbocycles. The minimum Gasteiger partial charge on any atom is -0.342 e. The molecule has 0 unspecified atom stereocenters. The molecule has 4 rings (SSSR count). The Bertz CT molecular complexity index is 980. The highest BCUT2D eigenvalue weighted by atomic mass is 19.1. The van der Waals surface area contributed by atoms with Gasteiger partial charge in [0.15, 0.2) is 0 Å². The molecular formula is C25H33FN4O2. The highest BCUT2D eigenvalue weighted by molar-refractivity contribution is 5.78. The van der Waals surface area contributed by atoms with Crippen molar-refractivity contribution in [2.75, 3.05) is 26.2 Å². The second kappa shape index (κ2) is 9.94. The summed E-state index contributed by atoms with van der Waals surface area (Å²) in [4.78, 5) is 36.9. The number of carbonyl (C=O) groups excluding carboxylic acids is 1. The van der Waals surface area contributed by atoms with Crippen molar-refractivity contribution >= 4 is 5.91 Å². The molecule has 3 heterocycles. The monoisotopic (exact) mass is 440 g/mol. The number of rotatable bonds is 5. The molecule has 1 N–H and O–H groups in total. The van der Waals surface area contributed by atoms with Crippen LogP contribution in [0.15, 0.2) is 35.1 Å². The molecule has 7 heteroatoms. The summed E-state index contributed by atoms with van der Waals surface area (Å²) < 4.78 is 13.2. The third kappa shape index (κ3) is 5.44. The minimum atomic E-state index is -0.218. The van der Waals surface area contributed by atoms with Crippen molar-refractivity contribution in [3.63, 3.8) is 0 Å². The van der Waals surface area contributed by atoms with E-state index in [0.717, 1.165) is 62.4 Å². The second-order valence-electron chi connectivity index (χ2n) is 9.51. The van der Waals surface area contributed by atoms with E-state index in [4.69, 9.17) is 4.98 Å². The fourth-order valence-corrected chi connectivity index (χ4v) is 4.93. The molecule has 2 aliphatic heterocycles. The molecule has 32 heavy (non-hydrogen) atoms. The van der Waals surface area contributed by atoms with E-state index in [1.807, 2.05) is 30.9 Å². The first-order chi connectivity index (χ1) is 15.4. The standard InChI is InChI=1S/C25H33FN4O2/c1-17(2)25(32)30-12-9-19(10-13-30)24-27-22(14-23(31)28-24)20-4-3-11-29(16-20)15-18-5-7-21(26)8-6-18/h5-8,14,17,19-20H,3-4,9-13,15-16H2,1-2H3,(H,27,28,31)/t20-/m0/s1. The SMILES string of the molecule is CC(C)C(=O)N1CCC(c2nc([C@H]3CCCN(Cc4ccc(F)cc4)C3)cc(=O)[nH]2)CC1. The van der Waals surface area contributed by atoms with Crippen molar-refractivity contribution in [3.05, 3.63) is 63.6 Å². The number of amides is 1. The van der Waals surface area contributed by atoms with E-state index in [0.29, 0.717) is 13.1 Å². The molecule has 1 atom stereocenters. The molecule has 0 spiro atoms. The third-order valence-electron chi connectivity index (χ3n) is 6.71. The second-order valence-corrected chi connectivity index (χ2v) is 9.51. The largest absolute Gasteiger partial charge is 0.342 e. The number of hydrogen-bond donors (Lipinski definition) is 1. The molecule has 2 fully saturated rings. The molecule has 2 aliphatic rings. The van der Waals surface area contributed by atoms with Gasteiger partial charge in [-0.25, -0.2) is 9.37 Å². The zero-order chi connectivity index (χ0) is 22.7. The van der Waals surface area contributed by atoms with Gasteiger partial charge in [0.05, 0.1) is 5.69 Å². The first-order valence-electron chi connectivity index (χ1n) is 11.8. The van der Waals surface area contributed by atoms with E-state index < -0.39 is 0 Å². The van der Waals surface area contributed by atoms with Crippen LogP contribution in [0.5, 0.6) is 0 Å². The first kappa shape index (κ1) is 22.6. The maximum absolute atomic E-state index is 13.2. The number of halogens is 1. The lowest BCUT2D eigenvalue weighted by molar-refractivity contribution is -0.135. The maximum atomic E-state index is 13.2. The summed E-state index contributed by atoms with van der Waals surface area (Å²) in [7, 11) is 0. The maximum Gasteiger partial charge on any atom is 0.251 e. The van der Waals surface area contributed by atoms with Gasteiger partial charge in [0, 0.05) is 50.0 Å². The van der Waals surface area contributed by atoms with E-state index in [-0.39, 0.29) is 35.0 Å². The van der Waals surface area contributed by atoms with Gasteiger partial charge in [0.1, 0.15) is 11.6 Å². The molecule has 2 saturated heterocycles. The molecule has 0 saturated carbocycles. The highest BCUT2D eigenvalue weighted by Gasteiger charge is 2.28. The summed E-state index contributed by atoms with van der Waals surface area (Å²) in [5.41, 5.74) is 1.86. The quantitative estimate of drug-likeness (QED) is 0.771. The number of aromatic amines is 1. The van der Waals surface area contributed by atoms with Gasteiger partial charge in [-0.1, -0.05) is 26.0 Å². The lowest BCUT2D eigenvalue weighted by Gasteiger charge is -2.34. The van der Waals surface area contributed by atoms with Crippen molar-refractivity contribution in [1.29, 1.82) is 0 Å². The van der Waals surface area contributed by atoms with Gasteiger partial charge in [-0.3, -0.25) is 14.5 Å². The predicted molar refractivity (Wildman–Crippen MR) is 122 cm³/mol. The molecule has 0 bridgehead atoms. The number of nitrogens with zero attached hydrogens (tertiary/aromatic N) is 3. The lowest BCUT2D eigenvalue weighted by atomic mass is 9.92. The van der Waals surface area contributed by atoms with Crippen LogP contribution in [-0.4, -0.2) is 51.9 Å². The van der Waals surface area contributed by atoms with Crippen LogP contribution < -0.4 is 5.56 Å². The molecule has 172 valence electrons. The van der Waals surface area contributed by atoms with E-state index in [1.54, 1.807) is 6.07 Å². The van der Waals surface area contributed by atoms with Gasteiger partial charge in [-0.2, -0.15) is 0 Å². The summed E-state index contributed by atoms with van der Waals surface area (Å²) in [6, 6.07) is 8.31. The van der Waals surface area contributed by atoms with Crippen LogP contribution in [-0.2, 0) is 11.3 Å². The Morgan fingerprint density at radius 1 is 1.12 bits per heavy atom. The van der Waals surface area contributed by atoms with Crippen LogP contribution in [0.3, 0.4) is 0 Å². The topological polar surface area (TPSA) is 69.3 Å². The number of piperidine rings is 2. The van der Waals surface area contributed by atoms with Crippen LogP contribution in [0.4, 0.5) is 4.39 Å². The Kier molecular flexibility index (Phi) is 7.04. The average molecular weight is 441 g/mol. The summed E-state index contributed by atoms with van der Waals surface area (Å²) in [6.45, 7) is 7.89. The Balaban J connectivity index is 1.42. The van der Waals surface area contributed by atoms with Crippen LogP contribution in [0.25, 0.3) is 0 Å². The van der Waals surface area contributed by atoms with E-state index >= 15 is 0 Å². The van der Waals surface area contributed by atoms with Crippen molar-refractivity contribution in [3.8, 4) is 0 Å². The van der Waals surface area contributed by atoms with Crippen LogP contribution in [0.1, 0.15) is 68.4 Å². The number of carbonyl (C=O) groups is 1. The Morgan fingerprint density at radius 3 is 2.53 bits per heavy atom. The third-order valence-corrected chi connectivity index (χ3v) is 6.71. The molecule has 6 nitrogen and oxygen atoms in total. The molecule has 2 aromatic rings. The smallest absolute Gasteiger partial charge is 0.251 e. The normalized spacial score (nSPS) is 20.6. The van der Waals surface area contributed by atoms with Crippen molar-refractivity contribution in [1.82, 2.24) is 19.8 Å². The number of likely N-dealkylation sites (tertiary alicyclic amines) is 2. The molecule has 1 aromatic heterocycles. The molecule has 1 amide bonds. The van der Waals surface area contributed by atoms with Crippen LogP contribution >= 0.6 is 0 Å². The Hall–Kier alpha value is -2.54. The lowest BCUT2D eigenvalue weighted by Crippen LogP contribution is -2.40. The zero-order valence-electron chi connectivity index (χ0n) is 19.0. The van der Waals surface area contributed by atoms with Gasteiger partial charge >= 0.3 is 0 Å². The van der Waals surface area contributed by atoms with Crippen molar-refractivity contribution in [2.45, 2.75) is 57.9 Å². The Labute approximate surface area is 188 Å². The van der Waals surface area contributed by atoms with Gasteiger partial charge in [-0.05, 0) is 49.9 Å². The first-order valence-corrected chi connectivity index (χ1v) is 11.8. The molecular weight excluding hydrogens is 407 g/mol. The van der Waals surface area contributed by atoms with E-state index in [1.165, 1.54) is 12.1 Å². The van der Waals surface area contributed by atoms with E-state index in [9.17, 15) is 14.0 Å². The van der Waals surface area contributed by atoms with Crippen LogP contribution in [0.2, 0.25) is 0 Å². The van der Waals surface area contributed by atoms with Crippen LogP contribution in [0, 0.1) is 11.7 Å². The summed E-state index contributed by atoms with van der Waals surface area (Å²) in [6.07, 6.45) is 3.71. The van der Waals surface area contributed by atoms with Gasteiger partial charge in [-0.15, -0.1) is 0 Å². The van der Waals surface area contributed by atoms with E-state index in [2.05, 4.69) is 9.88 Å². The number of nitrogens with one attached hydrogen (secondary N) is 1. The fraction of sp³-hybridized carbons (Fsp3) is 0.560. The van der Waals surface area contributed by atoms with Gasteiger partial charge < -0.3 is 9.88 Å². The summed E-state index contributed by atoms with van der Waals surface area (Å²) >= 11 is 0. The van der Waals surface area contributed by atoms with Crippen molar-refractivity contribution in [2.24, 2.45) is 5.92 Å². The number of benzene rings is 1. The Morgan fingerprint density at radius 2 is 1.84 bits per heavy atom. The summed E-state index contributed by atoms with van der Waals surface area (Å²) in [5, 5.41) is 0. The van der Waals surface area contributed by atoms with Crippen molar-refractivity contribution < 1.29 is 9.18 Å². The fourth-order valence-electron chi connectivity index (χ4n) is 4.93. The zero-order valence-corrected chi connectivity index (χ0v) is 19.0. The van der Waals surface area contributed by atoms with Gasteiger partial charge in [0.2, 0.25) is 5.91 Å². The summed E-state index contributed by atoms with van der Waals surface area (Å²) in [5.74, 6) is 1.15. The number of aromatic nitrogens is 2. The highest BCUT2D eigenvalue weighted by Crippen LogP contribution is 2.29.